The lowest BCUT2D eigenvalue weighted by atomic mass is 10.1. The lowest BCUT2D eigenvalue weighted by Gasteiger charge is -2.23. The van der Waals surface area contributed by atoms with Gasteiger partial charge in [0, 0.05) is 18.7 Å². The zero-order valence-electron chi connectivity index (χ0n) is 17.5. The van der Waals surface area contributed by atoms with Crippen LogP contribution in [0, 0.1) is 0 Å². The summed E-state index contributed by atoms with van der Waals surface area (Å²) in [6, 6.07) is 5.77. The molecule has 4 heterocycles. The van der Waals surface area contributed by atoms with Crippen molar-refractivity contribution in [2.24, 2.45) is 0 Å². The van der Waals surface area contributed by atoms with E-state index in [1.54, 1.807) is 36.4 Å². The van der Waals surface area contributed by atoms with Crippen LogP contribution in [0.15, 0.2) is 55.4 Å². The van der Waals surface area contributed by atoms with Crippen LogP contribution in [-0.4, -0.2) is 53.9 Å². The van der Waals surface area contributed by atoms with Gasteiger partial charge in [-0.1, -0.05) is 48.0 Å². The minimum atomic E-state index is -1.14. The second-order valence-electron chi connectivity index (χ2n) is 7.27. The number of hydrogen-bond acceptors (Lipinski definition) is 9. The molecule has 0 aliphatic carbocycles. The number of thioether (sulfide) groups is 2. The molecule has 0 spiro atoms. The number of carboxylic acid groups (broad SMARTS) is 1. The van der Waals surface area contributed by atoms with Gasteiger partial charge in [-0.2, -0.15) is 0 Å². The molecule has 8 nitrogen and oxygen atoms in total. The Balaban J connectivity index is 1.34. The number of carboxylic acids is 1. The van der Waals surface area contributed by atoms with Crippen LogP contribution in [0.4, 0.5) is 0 Å². The normalized spacial score (nSPS) is 19.8. The Kier molecular flexibility index (Phi) is 7.71. The van der Waals surface area contributed by atoms with E-state index in [1.807, 2.05) is 0 Å². The summed E-state index contributed by atoms with van der Waals surface area (Å²) in [5.74, 6) is -0.756. The number of hydrogen-bond donors (Lipinski definition) is 1. The van der Waals surface area contributed by atoms with Crippen LogP contribution >= 0.6 is 48.0 Å². The van der Waals surface area contributed by atoms with E-state index in [2.05, 4.69) is 0 Å². The van der Waals surface area contributed by atoms with Crippen molar-refractivity contribution in [3.05, 3.63) is 58.1 Å². The molecule has 4 rings (SSSR count). The fourth-order valence-electron chi connectivity index (χ4n) is 3.42. The maximum atomic E-state index is 12.8. The number of carbonyl (C=O) groups is 3. The van der Waals surface area contributed by atoms with E-state index in [0.717, 1.165) is 16.7 Å². The van der Waals surface area contributed by atoms with Gasteiger partial charge in [0.05, 0.1) is 22.3 Å². The maximum absolute atomic E-state index is 12.8. The van der Waals surface area contributed by atoms with E-state index in [4.69, 9.17) is 33.3 Å². The molecule has 2 aliphatic heterocycles. The first kappa shape index (κ1) is 24.5. The second-order valence-corrected chi connectivity index (χ2v) is 10.6. The molecule has 0 aromatic carbocycles. The first-order valence-electron chi connectivity index (χ1n) is 10.2. The summed E-state index contributed by atoms with van der Waals surface area (Å²) < 4.78 is 11.1. The van der Waals surface area contributed by atoms with Crippen molar-refractivity contribution in [3.63, 3.8) is 0 Å². The highest BCUT2D eigenvalue weighted by molar-refractivity contribution is 8.27. The van der Waals surface area contributed by atoms with Crippen LogP contribution < -0.4 is 0 Å². The molecule has 2 fully saturated rings. The molecule has 1 unspecified atom stereocenters. The molecule has 0 saturated carbocycles. The number of aliphatic carboxylic acids is 1. The molecule has 1 atom stereocenters. The number of amides is 2. The zero-order valence-corrected chi connectivity index (χ0v) is 20.8. The fourth-order valence-corrected chi connectivity index (χ4v) is 6.04. The SMILES string of the molecule is O=C(O)C(CCCCN1C(=O)/C(=C\c2ccco2)SC1=S)N1C(=O)/C(=C\c2ccco2)SC1=S. The van der Waals surface area contributed by atoms with Gasteiger partial charge >= 0.3 is 5.97 Å². The molecule has 0 bridgehead atoms. The molecule has 2 aromatic heterocycles. The molecule has 2 aromatic rings. The quantitative estimate of drug-likeness (QED) is 0.279. The summed E-state index contributed by atoms with van der Waals surface area (Å²) in [6.45, 7) is 0.350. The van der Waals surface area contributed by atoms with Crippen molar-refractivity contribution in [1.82, 2.24) is 9.80 Å². The van der Waals surface area contributed by atoms with E-state index in [1.165, 1.54) is 29.2 Å². The van der Waals surface area contributed by atoms with Gasteiger partial charge in [0.2, 0.25) is 0 Å². The van der Waals surface area contributed by atoms with Gasteiger partial charge in [0.25, 0.3) is 11.8 Å². The van der Waals surface area contributed by atoms with E-state index < -0.39 is 17.9 Å². The van der Waals surface area contributed by atoms with Crippen LogP contribution in [0.5, 0.6) is 0 Å². The molecular weight excluding hydrogens is 517 g/mol. The summed E-state index contributed by atoms with van der Waals surface area (Å²) in [5.41, 5.74) is 0. The first-order valence-corrected chi connectivity index (χ1v) is 12.6. The van der Waals surface area contributed by atoms with Gasteiger partial charge in [-0.25, -0.2) is 4.79 Å². The largest absolute Gasteiger partial charge is 0.480 e. The van der Waals surface area contributed by atoms with Crippen molar-refractivity contribution >= 4 is 86.5 Å². The van der Waals surface area contributed by atoms with E-state index in [0.29, 0.717) is 45.0 Å². The molecule has 2 amide bonds. The molecule has 0 radical (unpaired) electrons. The predicted molar refractivity (Wildman–Crippen MR) is 138 cm³/mol. The highest BCUT2D eigenvalue weighted by Crippen LogP contribution is 2.36. The van der Waals surface area contributed by atoms with Crippen LogP contribution in [0.2, 0.25) is 0 Å². The van der Waals surface area contributed by atoms with Crippen molar-refractivity contribution in [2.45, 2.75) is 25.3 Å². The van der Waals surface area contributed by atoms with Crippen molar-refractivity contribution in [1.29, 1.82) is 0 Å². The number of nitrogens with zero attached hydrogens (tertiary/aromatic N) is 2. The maximum Gasteiger partial charge on any atom is 0.326 e. The lowest BCUT2D eigenvalue weighted by molar-refractivity contribution is -0.145. The van der Waals surface area contributed by atoms with Crippen LogP contribution in [-0.2, 0) is 14.4 Å². The van der Waals surface area contributed by atoms with E-state index in [-0.39, 0.29) is 16.6 Å². The lowest BCUT2D eigenvalue weighted by Crippen LogP contribution is -2.44. The van der Waals surface area contributed by atoms with Crippen LogP contribution in [0.1, 0.15) is 30.8 Å². The Labute approximate surface area is 214 Å². The van der Waals surface area contributed by atoms with Gasteiger partial charge < -0.3 is 13.9 Å². The summed E-state index contributed by atoms with van der Waals surface area (Å²) >= 11 is 12.9. The minimum Gasteiger partial charge on any atom is -0.480 e. The average molecular weight is 535 g/mol. The Morgan fingerprint density at radius 1 is 0.971 bits per heavy atom. The van der Waals surface area contributed by atoms with Gasteiger partial charge in [-0.15, -0.1) is 0 Å². The van der Waals surface area contributed by atoms with E-state index in [9.17, 15) is 19.5 Å². The van der Waals surface area contributed by atoms with Crippen LogP contribution in [0.25, 0.3) is 12.2 Å². The van der Waals surface area contributed by atoms with Gasteiger partial charge in [-0.3, -0.25) is 19.4 Å². The third-order valence-electron chi connectivity index (χ3n) is 5.04. The summed E-state index contributed by atoms with van der Waals surface area (Å²) in [7, 11) is 0. The molecular formula is C22H18N2O6S4. The van der Waals surface area contributed by atoms with Crippen LogP contribution in [0.3, 0.4) is 0 Å². The first-order chi connectivity index (χ1) is 16.3. The number of thiocarbonyl (C=S) groups is 2. The summed E-state index contributed by atoms with van der Waals surface area (Å²) in [6.07, 6.45) is 7.36. The Hall–Kier alpha value is -2.67. The zero-order chi connectivity index (χ0) is 24.2. The average Bonchev–Trinajstić information content (AvgIpc) is 3.58. The summed E-state index contributed by atoms with van der Waals surface area (Å²) in [5, 5.41) is 9.76. The van der Waals surface area contributed by atoms with Gasteiger partial charge in [0.1, 0.15) is 26.2 Å². The predicted octanol–water partition coefficient (Wildman–Crippen LogP) is 4.60. The highest BCUT2D eigenvalue weighted by Gasteiger charge is 2.40. The molecule has 12 heteroatoms. The molecule has 2 aliphatic rings. The number of furan rings is 2. The van der Waals surface area contributed by atoms with Crippen molar-refractivity contribution < 1.29 is 28.3 Å². The molecule has 34 heavy (non-hydrogen) atoms. The monoisotopic (exact) mass is 534 g/mol. The smallest absolute Gasteiger partial charge is 0.326 e. The Morgan fingerprint density at radius 3 is 2.12 bits per heavy atom. The van der Waals surface area contributed by atoms with Crippen molar-refractivity contribution in [3.8, 4) is 0 Å². The fraction of sp³-hybridized carbons (Fsp3) is 0.227. The van der Waals surface area contributed by atoms with Gasteiger partial charge in [-0.05, 0) is 43.5 Å². The Morgan fingerprint density at radius 2 is 1.56 bits per heavy atom. The Bertz CT molecular complexity index is 1190. The number of carbonyl (C=O) groups excluding carboxylic acids is 2. The molecule has 2 saturated heterocycles. The summed E-state index contributed by atoms with van der Waals surface area (Å²) in [4.78, 5) is 40.9. The van der Waals surface area contributed by atoms with E-state index >= 15 is 0 Å². The number of rotatable bonds is 9. The second kappa shape index (κ2) is 10.7. The van der Waals surface area contributed by atoms with Crippen molar-refractivity contribution in [2.75, 3.05) is 6.54 Å². The minimum absolute atomic E-state index is 0.187. The standard InChI is InChI=1S/C22H18N2O6S4/c25-18-16(11-13-5-3-9-29-13)33-21(31)23(18)8-2-1-7-15(20(27)28)24-19(26)17(34-22(24)32)12-14-6-4-10-30-14/h3-6,9-12,15H,1-2,7-8H2,(H,27,28)/b16-11+,17-12+. The van der Waals surface area contributed by atoms with Gasteiger partial charge in [0.15, 0.2) is 0 Å². The third-order valence-corrected chi connectivity index (χ3v) is 7.74. The molecule has 176 valence electrons. The molecule has 1 N–H and O–H groups in total. The third kappa shape index (κ3) is 5.35. The highest BCUT2D eigenvalue weighted by atomic mass is 32.2. The number of unbranched alkanes of at least 4 members (excludes halogenated alkanes) is 1. The topological polar surface area (TPSA) is 104 Å².